The number of hydrogen-bond donors (Lipinski definition) is 1. The SMILES string of the molecule is C=CCN(CC1CCCCC1)C(=O)C[C@@H]1CCC[C@H]1N. The lowest BCUT2D eigenvalue weighted by Gasteiger charge is -2.30. The zero-order valence-corrected chi connectivity index (χ0v) is 12.7. The van der Waals surface area contributed by atoms with Crippen LogP contribution in [0.4, 0.5) is 0 Å². The van der Waals surface area contributed by atoms with Gasteiger partial charge in [0.25, 0.3) is 0 Å². The monoisotopic (exact) mass is 278 g/mol. The van der Waals surface area contributed by atoms with E-state index in [9.17, 15) is 4.79 Å². The Morgan fingerprint density at radius 3 is 2.50 bits per heavy atom. The number of hydrogen-bond acceptors (Lipinski definition) is 2. The molecule has 3 heteroatoms. The molecular weight excluding hydrogens is 248 g/mol. The van der Waals surface area contributed by atoms with Crippen molar-refractivity contribution in [1.82, 2.24) is 4.90 Å². The number of rotatable bonds is 6. The van der Waals surface area contributed by atoms with Gasteiger partial charge in [0.2, 0.25) is 5.91 Å². The topological polar surface area (TPSA) is 46.3 Å². The second-order valence-electron chi connectivity index (χ2n) is 6.65. The smallest absolute Gasteiger partial charge is 0.223 e. The van der Waals surface area contributed by atoms with E-state index in [1.807, 2.05) is 11.0 Å². The third kappa shape index (κ3) is 4.34. The molecule has 0 heterocycles. The molecule has 2 rings (SSSR count). The van der Waals surface area contributed by atoms with Crippen LogP contribution in [0.3, 0.4) is 0 Å². The molecule has 2 aliphatic rings. The first kappa shape index (κ1) is 15.6. The van der Waals surface area contributed by atoms with Crippen LogP contribution < -0.4 is 5.73 Å². The molecule has 2 fully saturated rings. The van der Waals surface area contributed by atoms with Crippen LogP contribution in [-0.4, -0.2) is 29.9 Å². The van der Waals surface area contributed by atoms with Gasteiger partial charge in [-0.1, -0.05) is 31.8 Å². The summed E-state index contributed by atoms with van der Waals surface area (Å²) < 4.78 is 0. The minimum absolute atomic E-state index is 0.235. The fraction of sp³-hybridized carbons (Fsp3) is 0.824. The average molecular weight is 278 g/mol. The van der Waals surface area contributed by atoms with Gasteiger partial charge in [0.15, 0.2) is 0 Å². The van der Waals surface area contributed by atoms with E-state index in [0.717, 1.165) is 19.4 Å². The third-order valence-electron chi connectivity index (χ3n) is 5.06. The van der Waals surface area contributed by atoms with Gasteiger partial charge in [-0.15, -0.1) is 6.58 Å². The highest BCUT2D eigenvalue weighted by molar-refractivity contribution is 5.76. The molecule has 2 saturated carbocycles. The number of carbonyl (C=O) groups is 1. The molecule has 0 bridgehead atoms. The first-order valence-electron chi connectivity index (χ1n) is 8.35. The average Bonchev–Trinajstić information content (AvgIpc) is 2.85. The molecule has 3 nitrogen and oxygen atoms in total. The minimum atomic E-state index is 0.235. The Hall–Kier alpha value is -0.830. The minimum Gasteiger partial charge on any atom is -0.339 e. The summed E-state index contributed by atoms with van der Waals surface area (Å²) >= 11 is 0. The molecular formula is C17H30N2O. The maximum absolute atomic E-state index is 12.5. The van der Waals surface area contributed by atoms with E-state index < -0.39 is 0 Å². The second kappa shape index (κ2) is 7.82. The molecule has 0 radical (unpaired) electrons. The van der Waals surface area contributed by atoms with Crippen molar-refractivity contribution in [2.24, 2.45) is 17.6 Å². The van der Waals surface area contributed by atoms with Crippen LogP contribution in [0.25, 0.3) is 0 Å². The number of nitrogens with zero attached hydrogens (tertiary/aromatic N) is 1. The maximum Gasteiger partial charge on any atom is 0.223 e. The normalized spacial score (nSPS) is 27.4. The van der Waals surface area contributed by atoms with Crippen molar-refractivity contribution in [2.75, 3.05) is 13.1 Å². The van der Waals surface area contributed by atoms with Gasteiger partial charge in [0.1, 0.15) is 0 Å². The standard InChI is InChI=1S/C17H30N2O/c1-2-11-19(13-14-7-4-3-5-8-14)17(20)12-15-9-6-10-16(15)18/h2,14-16H,1,3-13,18H2/t15-,16+/m0/s1. The zero-order chi connectivity index (χ0) is 14.4. The lowest BCUT2D eigenvalue weighted by Crippen LogP contribution is -2.38. The van der Waals surface area contributed by atoms with Crippen LogP contribution in [0.1, 0.15) is 57.8 Å². The predicted octanol–water partition coefficient (Wildman–Crippen LogP) is 3.10. The van der Waals surface area contributed by atoms with Gasteiger partial charge in [-0.3, -0.25) is 4.79 Å². The van der Waals surface area contributed by atoms with Gasteiger partial charge in [0.05, 0.1) is 0 Å². The summed E-state index contributed by atoms with van der Waals surface area (Å²) in [6.45, 7) is 5.42. The number of carbonyl (C=O) groups excluding carboxylic acids is 1. The highest BCUT2D eigenvalue weighted by Gasteiger charge is 2.28. The van der Waals surface area contributed by atoms with Crippen molar-refractivity contribution < 1.29 is 4.79 Å². The van der Waals surface area contributed by atoms with Gasteiger partial charge in [-0.05, 0) is 37.5 Å². The molecule has 0 aromatic rings. The Balaban J connectivity index is 1.85. The van der Waals surface area contributed by atoms with Gasteiger partial charge < -0.3 is 10.6 Å². The second-order valence-corrected chi connectivity index (χ2v) is 6.65. The zero-order valence-electron chi connectivity index (χ0n) is 12.7. The number of nitrogens with two attached hydrogens (primary N) is 1. The van der Waals surface area contributed by atoms with Crippen LogP contribution in [0.15, 0.2) is 12.7 Å². The highest BCUT2D eigenvalue weighted by atomic mass is 16.2. The van der Waals surface area contributed by atoms with Crippen LogP contribution in [0.2, 0.25) is 0 Å². The molecule has 1 amide bonds. The maximum atomic E-state index is 12.5. The van der Waals surface area contributed by atoms with Gasteiger partial charge >= 0.3 is 0 Å². The molecule has 0 spiro atoms. The van der Waals surface area contributed by atoms with E-state index in [1.54, 1.807) is 0 Å². The molecule has 20 heavy (non-hydrogen) atoms. The molecule has 2 atom stereocenters. The highest BCUT2D eigenvalue weighted by Crippen LogP contribution is 2.28. The van der Waals surface area contributed by atoms with Crippen molar-refractivity contribution in [3.63, 3.8) is 0 Å². The van der Waals surface area contributed by atoms with Crippen LogP contribution in [0.5, 0.6) is 0 Å². The summed E-state index contributed by atoms with van der Waals surface area (Å²) in [6.07, 6.45) is 12.5. The molecule has 0 saturated heterocycles. The van der Waals surface area contributed by atoms with E-state index in [4.69, 9.17) is 5.73 Å². The summed E-state index contributed by atoms with van der Waals surface area (Å²) in [5.74, 6) is 1.39. The van der Waals surface area contributed by atoms with Gasteiger partial charge in [-0.2, -0.15) is 0 Å². The van der Waals surface area contributed by atoms with E-state index >= 15 is 0 Å². The lowest BCUT2D eigenvalue weighted by atomic mass is 9.88. The first-order valence-corrected chi connectivity index (χ1v) is 8.35. The summed E-state index contributed by atoms with van der Waals surface area (Å²) in [5.41, 5.74) is 6.09. The summed E-state index contributed by atoms with van der Waals surface area (Å²) in [7, 11) is 0. The summed E-state index contributed by atoms with van der Waals surface area (Å²) in [6, 6.07) is 0.235. The van der Waals surface area contributed by atoms with Crippen molar-refractivity contribution in [1.29, 1.82) is 0 Å². The fourth-order valence-electron chi connectivity index (χ4n) is 3.79. The Kier molecular flexibility index (Phi) is 6.08. The van der Waals surface area contributed by atoms with Gasteiger partial charge in [0, 0.05) is 25.6 Å². The van der Waals surface area contributed by atoms with Crippen molar-refractivity contribution in [3.05, 3.63) is 12.7 Å². The van der Waals surface area contributed by atoms with Crippen LogP contribution >= 0.6 is 0 Å². The van der Waals surface area contributed by atoms with Crippen LogP contribution in [-0.2, 0) is 4.79 Å². The van der Waals surface area contributed by atoms with Crippen molar-refractivity contribution in [3.8, 4) is 0 Å². The summed E-state index contributed by atoms with van der Waals surface area (Å²) in [5, 5.41) is 0. The third-order valence-corrected chi connectivity index (χ3v) is 5.06. The molecule has 0 aromatic carbocycles. The largest absolute Gasteiger partial charge is 0.339 e. The van der Waals surface area contributed by atoms with Crippen LogP contribution in [0, 0.1) is 11.8 Å². The fourth-order valence-corrected chi connectivity index (χ4v) is 3.79. The molecule has 0 aliphatic heterocycles. The Morgan fingerprint density at radius 1 is 1.15 bits per heavy atom. The molecule has 114 valence electrons. The molecule has 0 unspecified atom stereocenters. The molecule has 0 aromatic heterocycles. The summed E-state index contributed by atoms with van der Waals surface area (Å²) in [4.78, 5) is 14.6. The Bertz CT molecular complexity index is 323. The van der Waals surface area contributed by atoms with E-state index in [1.165, 1.54) is 38.5 Å². The Labute approximate surface area is 123 Å². The quantitative estimate of drug-likeness (QED) is 0.759. The lowest BCUT2D eigenvalue weighted by molar-refractivity contribution is -0.132. The first-order chi connectivity index (χ1) is 9.70. The predicted molar refractivity (Wildman–Crippen MR) is 83.3 cm³/mol. The van der Waals surface area contributed by atoms with Crippen molar-refractivity contribution >= 4 is 5.91 Å². The molecule has 2 aliphatic carbocycles. The van der Waals surface area contributed by atoms with E-state index in [2.05, 4.69) is 6.58 Å². The van der Waals surface area contributed by atoms with Gasteiger partial charge in [-0.25, -0.2) is 0 Å². The molecule has 2 N–H and O–H groups in total. The number of amides is 1. The van der Waals surface area contributed by atoms with E-state index in [0.29, 0.717) is 24.8 Å². The van der Waals surface area contributed by atoms with Crippen molar-refractivity contribution in [2.45, 2.75) is 63.8 Å². The Morgan fingerprint density at radius 2 is 1.90 bits per heavy atom. The van der Waals surface area contributed by atoms with E-state index in [-0.39, 0.29) is 11.9 Å².